The molecule has 0 bridgehead atoms. The molecule has 2 N–H and O–H groups in total. The number of oxime groups is 1. The SMILES string of the molecule is Cc1cccc(Cl)c1OCc1ccc(C(=O)O/N=C(\N)c2cccs2)o1. The van der Waals surface area contributed by atoms with Gasteiger partial charge in [-0.25, -0.2) is 4.79 Å². The minimum atomic E-state index is -0.746. The molecule has 1 aromatic carbocycles. The highest BCUT2D eigenvalue weighted by Crippen LogP contribution is 2.28. The van der Waals surface area contributed by atoms with E-state index in [0.717, 1.165) is 5.56 Å². The molecular weight excluding hydrogens is 376 g/mol. The number of rotatable bonds is 6. The number of aryl methyl sites for hydroxylation is 1. The fourth-order valence-corrected chi connectivity index (χ4v) is 3.01. The first kappa shape index (κ1) is 18.0. The lowest BCUT2D eigenvalue weighted by molar-refractivity contribution is 0.0475. The van der Waals surface area contributed by atoms with Gasteiger partial charge in [0.25, 0.3) is 0 Å². The van der Waals surface area contributed by atoms with Gasteiger partial charge in [-0.2, -0.15) is 0 Å². The topological polar surface area (TPSA) is 87.0 Å². The summed E-state index contributed by atoms with van der Waals surface area (Å²) >= 11 is 7.50. The van der Waals surface area contributed by atoms with E-state index in [-0.39, 0.29) is 18.2 Å². The molecule has 0 saturated heterocycles. The molecule has 134 valence electrons. The Balaban J connectivity index is 1.60. The van der Waals surface area contributed by atoms with Gasteiger partial charge in [-0.3, -0.25) is 0 Å². The van der Waals surface area contributed by atoms with E-state index in [0.29, 0.717) is 21.4 Å². The molecule has 6 nitrogen and oxygen atoms in total. The summed E-state index contributed by atoms with van der Waals surface area (Å²) in [6.07, 6.45) is 0. The van der Waals surface area contributed by atoms with Gasteiger partial charge in [-0.1, -0.05) is 35.0 Å². The average Bonchev–Trinajstić information content (AvgIpc) is 3.31. The Bertz CT molecular complexity index is 914. The average molecular weight is 391 g/mol. The number of carbonyl (C=O) groups is 1. The molecule has 0 spiro atoms. The van der Waals surface area contributed by atoms with Crippen molar-refractivity contribution in [2.75, 3.05) is 0 Å². The lowest BCUT2D eigenvalue weighted by atomic mass is 10.2. The fourth-order valence-electron chi connectivity index (χ4n) is 2.11. The molecule has 26 heavy (non-hydrogen) atoms. The highest BCUT2D eigenvalue weighted by Gasteiger charge is 2.15. The Morgan fingerprint density at radius 3 is 2.85 bits per heavy atom. The van der Waals surface area contributed by atoms with Gasteiger partial charge in [0.2, 0.25) is 5.76 Å². The number of carbonyl (C=O) groups excluding carboxylic acids is 1. The van der Waals surface area contributed by atoms with Crippen LogP contribution in [-0.4, -0.2) is 11.8 Å². The van der Waals surface area contributed by atoms with Crippen LogP contribution in [-0.2, 0) is 11.4 Å². The van der Waals surface area contributed by atoms with E-state index in [1.165, 1.54) is 17.4 Å². The molecule has 2 aromatic heterocycles. The first-order chi connectivity index (χ1) is 12.5. The number of halogens is 1. The van der Waals surface area contributed by atoms with Crippen LogP contribution in [0.15, 0.2) is 57.4 Å². The fraction of sp³-hybridized carbons (Fsp3) is 0.111. The number of thiophene rings is 1. The predicted molar refractivity (Wildman–Crippen MR) is 99.7 cm³/mol. The van der Waals surface area contributed by atoms with Gasteiger partial charge in [0.1, 0.15) is 18.1 Å². The minimum Gasteiger partial charge on any atom is -0.484 e. The lowest BCUT2D eigenvalue weighted by Crippen LogP contribution is -2.13. The van der Waals surface area contributed by atoms with Gasteiger partial charge >= 0.3 is 5.97 Å². The van der Waals surface area contributed by atoms with Crippen molar-refractivity contribution in [2.24, 2.45) is 10.9 Å². The van der Waals surface area contributed by atoms with Crippen LogP contribution in [0.5, 0.6) is 5.75 Å². The second kappa shape index (κ2) is 8.07. The molecule has 0 radical (unpaired) electrons. The van der Waals surface area contributed by atoms with Crippen LogP contribution in [0, 0.1) is 6.92 Å². The van der Waals surface area contributed by atoms with Crippen molar-refractivity contribution in [1.82, 2.24) is 0 Å². The molecule has 0 atom stereocenters. The van der Waals surface area contributed by atoms with Crippen molar-refractivity contribution in [3.63, 3.8) is 0 Å². The largest absolute Gasteiger partial charge is 0.484 e. The number of nitrogens with zero attached hydrogens (tertiary/aromatic N) is 1. The standard InChI is InChI=1S/C18H15ClN2O4S/c1-11-4-2-5-13(19)16(11)23-10-12-7-8-14(24-12)18(22)25-21-17(20)15-6-3-9-26-15/h2-9H,10H2,1H3,(H2,20,21). The van der Waals surface area contributed by atoms with Crippen molar-refractivity contribution < 1.29 is 18.8 Å². The van der Waals surface area contributed by atoms with Crippen LogP contribution >= 0.6 is 22.9 Å². The Morgan fingerprint density at radius 1 is 1.27 bits per heavy atom. The van der Waals surface area contributed by atoms with E-state index in [2.05, 4.69) is 5.16 Å². The van der Waals surface area contributed by atoms with Crippen LogP contribution in [0.2, 0.25) is 5.02 Å². The molecular formula is C18H15ClN2O4S. The quantitative estimate of drug-likeness (QED) is 0.292. The van der Waals surface area contributed by atoms with E-state index in [1.807, 2.05) is 30.5 Å². The molecule has 3 aromatic rings. The number of hydrogen-bond acceptors (Lipinski definition) is 6. The number of amidine groups is 1. The van der Waals surface area contributed by atoms with E-state index < -0.39 is 5.97 Å². The molecule has 0 saturated carbocycles. The molecule has 0 amide bonds. The zero-order valence-corrected chi connectivity index (χ0v) is 15.3. The smallest absolute Gasteiger partial charge is 0.400 e. The summed E-state index contributed by atoms with van der Waals surface area (Å²) in [5.74, 6) is 0.402. The summed E-state index contributed by atoms with van der Waals surface area (Å²) in [6, 6.07) is 12.2. The number of nitrogens with two attached hydrogens (primary N) is 1. The van der Waals surface area contributed by atoms with Crippen LogP contribution in [0.1, 0.15) is 26.8 Å². The van der Waals surface area contributed by atoms with Gasteiger partial charge in [0.15, 0.2) is 5.84 Å². The Kier molecular flexibility index (Phi) is 5.60. The summed E-state index contributed by atoms with van der Waals surface area (Å²) in [4.78, 5) is 17.5. The summed E-state index contributed by atoms with van der Waals surface area (Å²) in [6.45, 7) is 2.01. The van der Waals surface area contributed by atoms with Crippen LogP contribution in [0.25, 0.3) is 0 Å². The number of benzene rings is 1. The number of furan rings is 1. The van der Waals surface area contributed by atoms with Gasteiger partial charge in [0, 0.05) is 0 Å². The first-order valence-electron chi connectivity index (χ1n) is 7.60. The molecule has 8 heteroatoms. The highest BCUT2D eigenvalue weighted by molar-refractivity contribution is 7.12. The summed E-state index contributed by atoms with van der Waals surface area (Å²) in [5, 5.41) is 5.97. The summed E-state index contributed by atoms with van der Waals surface area (Å²) in [5.41, 5.74) is 6.64. The van der Waals surface area contributed by atoms with Gasteiger partial charge in [-0.15, -0.1) is 11.3 Å². The van der Waals surface area contributed by atoms with Crippen molar-refractivity contribution in [3.8, 4) is 5.75 Å². The van der Waals surface area contributed by atoms with E-state index in [1.54, 1.807) is 18.2 Å². The molecule has 0 fully saturated rings. The van der Waals surface area contributed by atoms with Crippen LogP contribution in [0.3, 0.4) is 0 Å². The van der Waals surface area contributed by atoms with Gasteiger partial charge < -0.3 is 19.7 Å². The van der Waals surface area contributed by atoms with Crippen molar-refractivity contribution in [2.45, 2.75) is 13.5 Å². The third-order valence-electron chi connectivity index (χ3n) is 3.39. The third-order valence-corrected chi connectivity index (χ3v) is 4.58. The van der Waals surface area contributed by atoms with E-state index in [4.69, 9.17) is 31.3 Å². The molecule has 2 heterocycles. The zero-order chi connectivity index (χ0) is 18.5. The lowest BCUT2D eigenvalue weighted by Gasteiger charge is -2.09. The monoisotopic (exact) mass is 390 g/mol. The number of ether oxygens (including phenoxy) is 1. The predicted octanol–water partition coefficient (Wildman–Crippen LogP) is 4.36. The van der Waals surface area contributed by atoms with Crippen molar-refractivity contribution in [3.05, 3.63) is 74.8 Å². The zero-order valence-electron chi connectivity index (χ0n) is 13.8. The van der Waals surface area contributed by atoms with Gasteiger partial charge in [-0.05, 0) is 42.1 Å². The molecule has 0 aliphatic heterocycles. The normalized spacial score (nSPS) is 11.4. The summed E-state index contributed by atoms with van der Waals surface area (Å²) < 4.78 is 11.1. The maximum Gasteiger partial charge on any atom is 0.400 e. The Morgan fingerprint density at radius 2 is 2.12 bits per heavy atom. The third kappa shape index (κ3) is 4.25. The second-order valence-corrected chi connectivity index (χ2v) is 6.63. The van der Waals surface area contributed by atoms with E-state index in [9.17, 15) is 4.79 Å². The molecule has 3 rings (SSSR count). The Hall–Kier alpha value is -2.77. The summed E-state index contributed by atoms with van der Waals surface area (Å²) in [7, 11) is 0. The molecule has 0 aliphatic carbocycles. The minimum absolute atomic E-state index is 0.00205. The Labute approximate surface area is 158 Å². The maximum atomic E-state index is 12.0. The maximum absolute atomic E-state index is 12.0. The second-order valence-electron chi connectivity index (χ2n) is 5.27. The van der Waals surface area contributed by atoms with Crippen molar-refractivity contribution in [1.29, 1.82) is 0 Å². The van der Waals surface area contributed by atoms with Crippen molar-refractivity contribution >= 4 is 34.7 Å². The number of para-hydroxylation sites is 1. The first-order valence-corrected chi connectivity index (χ1v) is 8.85. The van der Waals surface area contributed by atoms with Crippen LogP contribution in [0.4, 0.5) is 0 Å². The highest BCUT2D eigenvalue weighted by atomic mass is 35.5. The number of hydrogen-bond donors (Lipinski definition) is 1. The van der Waals surface area contributed by atoms with Crippen LogP contribution < -0.4 is 10.5 Å². The molecule has 0 aliphatic rings. The molecule has 0 unspecified atom stereocenters. The van der Waals surface area contributed by atoms with E-state index >= 15 is 0 Å². The van der Waals surface area contributed by atoms with Gasteiger partial charge in [0.05, 0.1) is 9.90 Å².